The third kappa shape index (κ3) is 5.34. The number of rotatable bonds is 6. The molecule has 0 radical (unpaired) electrons. The summed E-state index contributed by atoms with van der Waals surface area (Å²) in [7, 11) is 0. The minimum atomic E-state index is 0.769. The van der Waals surface area contributed by atoms with Gasteiger partial charge in [0.1, 0.15) is 6.29 Å². The van der Waals surface area contributed by atoms with Gasteiger partial charge in [-0.2, -0.15) is 0 Å². The summed E-state index contributed by atoms with van der Waals surface area (Å²) in [6.07, 6.45) is 11.3. The van der Waals surface area contributed by atoms with Crippen LogP contribution in [0.5, 0.6) is 0 Å². The molecule has 1 fully saturated rings. The second-order valence-electron chi connectivity index (χ2n) is 5.63. The van der Waals surface area contributed by atoms with E-state index in [2.05, 4.69) is 13.8 Å². The maximum atomic E-state index is 10.3. The number of carbonyl (C=O) groups excluding carboxylic acids is 1. The smallest absolute Gasteiger partial charge is 0.119 e. The average Bonchev–Trinajstić information content (AvgIpc) is 2.18. The highest BCUT2D eigenvalue weighted by Crippen LogP contribution is 2.35. The van der Waals surface area contributed by atoms with Crippen LogP contribution in [0.25, 0.3) is 0 Å². The quantitative estimate of drug-likeness (QED) is 0.474. The Labute approximate surface area is 94.6 Å². The summed E-state index contributed by atoms with van der Waals surface area (Å²) in [6, 6.07) is 0. The first-order valence-electron chi connectivity index (χ1n) is 6.66. The number of unbranched alkanes of at least 4 members (excludes halogenated alkanes) is 1. The van der Waals surface area contributed by atoms with Gasteiger partial charge in [-0.15, -0.1) is 0 Å². The van der Waals surface area contributed by atoms with Gasteiger partial charge in [0.2, 0.25) is 0 Å². The normalized spacial score (nSPS) is 26.9. The number of hydrogen-bond acceptors (Lipinski definition) is 1. The molecule has 0 saturated heterocycles. The predicted molar refractivity (Wildman–Crippen MR) is 64.8 cm³/mol. The van der Waals surface area contributed by atoms with Crippen molar-refractivity contribution in [3.8, 4) is 0 Å². The highest BCUT2D eigenvalue weighted by molar-refractivity contribution is 5.48. The van der Waals surface area contributed by atoms with E-state index in [1.54, 1.807) is 0 Å². The van der Waals surface area contributed by atoms with E-state index in [9.17, 15) is 4.79 Å². The Morgan fingerprint density at radius 3 is 2.67 bits per heavy atom. The lowest BCUT2D eigenvalue weighted by molar-refractivity contribution is -0.108. The summed E-state index contributed by atoms with van der Waals surface area (Å²) in [4.78, 5) is 10.3. The van der Waals surface area contributed by atoms with Crippen molar-refractivity contribution in [2.24, 2.45) is 17.8 Å². The molecule has 2 atom stereocenters. The van der Waals surface area contributed by atoms with Crippen LogP contribution < -0.4 is 0 Å². The second-order valence-corrected chi connectivity index (χ2v) is 5.63. The van der Waals surface area contributed by atoms with E-state index >= 15 is 0 Å². The SMILES string of the molecule is CC(C)CC1CCCC(CCCC=O)C1. The molecule has 0 aromatic carbocycles. The Kier molecular flexibility index (Phi) is 5.97. The molecule has 2 unspecified atom stereocenters. The van der Waals surface area contributed by atoms with Crippen LogP contribution in [-0.2, 0) is 4.79 Å². The summed E-state index contributed by atoms with van der Waals surface area (Å²) >= 11 is 0. The first kappa shape index (κ1) is 12.7. The van der Waals surface area contributed by atoms with Crippen LogP contribution in [0.15, 0.2) is 0 Å². The summed E-state index contributed by atoms with van der Waals surface area (Å²) in [5.41, 5.74) is 0. The van der Waals surface area contributed by atoms with Gasteiger partial charge in [-0.3, -0.25) is 0 Å². The van der Waals surface area contributed by atoms with Gasteiger partial charge in [-0.25, -0.2) is 0 Å². The Bertz CT molecular complexity index is 174. The molecule has 0 aliphatic heterocycles. The monoisotopic (exact) mass is 210 g/mol. The van der Waals surface area contributed by atoms with Gasteiger partial charge in [-0.1, -0.05) is 39.5 Å². The lowest BCUT2D eigenvalue weighted by Crippen LogP contribution is -2.17. The average molecular weight is 210 g/mol. The number of carbonyl (C=O) groups is 1. The first-order valence-corrected chi connectivity index (χ1v) is 6.66. The van der Waals surface area contributed by atoms with Crippen LogP contribution in [0.3, 0.4) is 0 Å². The molecule has 1 rings (SSSR count). The maximum Gasteiger partial charge on any atom is 0.119 e. The minimum absolute atomic E-state index is 0.769. The van der Waals surface area contributed by atoms with Crippen molar-refractivity contribution in [2.75, 3.05) is 0 Å². The van der Waals surface area contributed by atoms with Crippen molar-refractivity contribution in [1.82, 2.24) is 0 Å². The number of hydrogen-bond donors (Lipinski definition) is 0. The van der Waals surface area contributed by atoms with E-state index in [1.165, 1.54) is 38.5 Å². The van der Waals surface area contributed by atoms with Gasteiger partial charge in [0.15, 0.2) is 0 Å². The molecule has 1 nitrogen and oxygen atoms in total. The van der Waals surface area contributed by atoms with Crippen molar-refractivity contribution >= 4 is 6.29 Å². The zero-order chi connectivity index (χ0) is 11.1. The molecule has 0 aromatic heterocycles. The van der Waals surface area contributed by atoms with Gasteiger partial charge >= 0.3 is 0 Å². The minimum Gasteiger partial charge on any atom is -0.303 e. The molecule has 0 heterocycles. The van der Waals surface area contributed by atoms with Crippen molar-refractivity contribution in [1.29, 1.82) is 0 Å². The summed E-state index contributed by atoms with van der Waals surface area (Å²) in [5.74, 6) is 2.74. The van der Waals surface area contributed by atoms with Crippen LogP contribution in [0.4, 0.5) is 0 Å². The Morgan fingerprint density at radius 1 is 1.27 bits per heavy atom. The first-order chi connectivity index (χ1) is 7.22. The van der Waals surface area contributed by atoms with Crippen molar-refractivity contribution < 1.29 is 4.79 Å². The molecular formula is C14H26O. The lowest BCUT2D eigenvalue weighted by Gasteiger charge is -2.30. The van der Waals surface area contributed by atoms with Gasteiger partial charge in [0, 0.05) is 6.42 Å². The van der Waals surface area contributed by atoms with Crippen molar-refractivity contribution in [2.45, 2.75) is 65.2 Å². The third-order valence-corrected chi connectivity index (χ3v) is 3.63. The Morgan fingerprint density at radius 2 is 2.00 bits per heavy atom. The molecule has 0 N–H and O–H groups in total. The fourth-order valence-electron chi connectivity index (χ4n) is 3.04. The Hall–Kier alpha value is -0.330. The van der Waals surface area contributed by atoms with E-state index in [0.29, 0.717) is 0 Å². The zero-order valence-electron chi connectivity index (χ0n) is 10.4. The summed E-state index contributed by atoms with van der Waals surface area (Å²) < 4.78 is 0. The highest BCUT2D eigenvalue weighted by atomic mass is 16.1. The topological polar surface area (TPSA) is 17.1 Å². The predicted octanol–water partition coefficient (Wildman–Crippen LogP) is 4.21. The molecule has 1 aliphatic carbocycles. The van der Waals surface area contributed by atoms with Crippen LogP contribution in [0.2, 0.25) is 0 Å². The summed E-state index contributed by atoms with van der Waals surface area (Å²) in [5, 5.41) is 0. The maximum absolute atomic E-state index is 10.3. The molecule has 0 amide bonds. The van der Waals surface area contributed by atoms with E-state index in [1.807, 2.05) is 0 Å². The molecule has 1 heteroatoms. The zero-order valence-corrected chi connectivity index (χ0v) is 10.4. The van der Waals surface area contributed by atoms with Gasteiger partial charge in [-0.05, 0) is 37.0 Å². The van der Waals surface area contributed by atoms with Crippen molar-refractivity contribution in [3.63, 3.8) is 0 Å². The van der Waals surface area contributed by atoms with Crippen LogP contribution in [0, 0.1) is 17.8 Å². The van der Waals surface area contributed by atoms with Crippen LogP contribution >= 0.6 is 0 Å². The van der Waals surface area contributed by atoms with Crippen LogP contribution in [0.1, 0.15) is 65.2 Å². The molecule has 15 heavy (non-hydrogen) atoms. The summed E-state index contributed by atoms with van der Waals surface area (Å²) in [6.45, 7) is 4.66. The molecular weight excluding hydrogens is 184 g/mol. The molecule has 1 aliphatic rings. The molecule has 0 spiro atoms. The van der Waals surface area contributed by atoms with E-state index in [4.69, 9.17) is 0 Å². The number of aldehydes is 1. The van der Waals surface area contributed by atoms with Crippen molar-refractivity contribution in [3.05, 3.63) is 0 Å². The Balaban J connectivity index is 2.19. The fourth-order valence-corrected chi connectivity index (χ4v) is 3.04. The van der Waals surface area contributed by atoms with E-state index < -0.39 is 0 Å². The van der Waals surface area contributed by atoms with E-state index in [-0.39, 0.29) is 0 Å². The van der Waals surface area contributed by atoms with Crippen LogP contribution in [-0.4, -0.2) is 6.29 Å². The molecule has 0 aromatic rings. The molecule has 88 valence electrons. The molecule has 1 saturated carbocycles. The van der Waals surface area contributed by atoms with Gasteiger partial charge in [0.05, 0.1) is 0 Å². The highest BCUT2D eigenvalue weighted by Gasteiger charge is 2.21. The largest absolute Gasteiger partial charge is 0.303 e. The lowest BCUT2D eigenvalue weighted by atomic mass is 9.76. The fraction of sp³-hybridized carbons (Fsp3) is 0.929. The third-order valence-electron chi connectivity index (χ3n) is 3.63. The van der Waals surface area contributed by atoms with E-state index in [0.717, 1.165) is 36.9 Å². The molecule has 0 bridgehead atoms. The second kappa shape index (κ2) is 7.03. The van der Waals surface area contributed by atoms with Gasteiger partial charge < -0.3 is 4.79 Å². The van der Waals surface area contributed by atoms with Gasteiger partial charge in [0.25, 0.3) is 0 Å². The standard InChI is InChI=1S/C14H26O/c1-12(2)10-14-8-5-7-13(11-14)6-3-4-9-15/h9,12-14H,3-8,10-11H2,1-2H3.